The molecular formula is C20H22ClN5O3. The van der Waals surface area contributed by atoms with Crippen LogP contribution in [0, 0.1) is 13.8 Å². The lowest BCUT2D eigenvalue weighted by Crippen LogP contribution is -2.39. The summed E-state index contributed by atoms with van der Waals surface area (Å²) in [7, 11) is 3.28. The lowest BCUT2D eigenvalue weighted by Gasteiger charge is -2.09. The van der Waals surface area contributed by atoms with E-state index in [9.17, 15) is 9.59 Å². The molecule has 4 aromatic rings. The Kier molecular flexibility index (Phi) is 4.84. The van der Waals surface area contributed by atoms with Crippen molar-refractivity contribution in [2.75, 3.05) is 13.7 Å². The number of imidazole rings is 2. The molecule has 4 rings (SSSR count). The minimum Gasteiger partial charge on any atom is -0.383 e. The predicted octanol–water partition coefficient (Wildman–Crippen LogP) is 2.11. The molecule has 1 aromatic carbocycles. The van der Waals surface area contributed by atoms with Gasteiger partial charge in [0.15, 0.2) is 11.2 Å². The van der Waals surface area contributed by atoms with Gasteiger partial charge in [0.05, 0.1) is 13.2 Å². The number of halogens is 1. The molecule has 0 aliphatic heterocycles. The molecule has 9 heteroatoms. The third kappa shape index (κ3) is 2.99. The smallest absolute Gasteiger partial charge is 0.332 e. The molecule has 0 fully saturated rings. The van der Waals surface area contributed by atoms with Gasteiger partial charge in [-0.25, -0.2) is 4.79 Å². The first kappa shape index (κ1) is 19.5. The maximum atomic E-state index is 13.4. The van der Waals surface area contributed by atoms with Gasteiger partial charge in [-0.15, -0.1) is 0 Å². The molecule has 0 saturated heterocycles. The zero-order chi connectivity index (χ0) is 20.9. The van der Waals surface area contributed by atoms with Gasteiger partial charge in [0.1, 0.15) is 0 Å². The second-order valence-electron chi connectivity index (χ2n) is 7.09. The van der Waals surface area contributed by atoms with Crippen molar-refractivity contribution >= 4 is 28.5 Å². The van der Waals surface area contributed by atoms with Crippen LogP contribution in [-0.2, 0) is 24.9 Å². The summed E-state index contributed by atoms with van der Waals surface area (Å²) in [6.07, 6.45) is 0. The highest BCUT2D eigenvalue weighted by Gasteiger charge is 2.22. The van der Waals surface area contributed by atoms with E-state index in [4.69, 9.17) is 16.3 Å². The minimum atomic E-state index is -0.406. The van der Waals surface area contributed by atoms with Crippen LogP contribution in [0.4, 0.5) is 0 Å². The topological polar surface area (TPSA) is 75.5 Å². The van der Waals surface area contributed by atoms with Crippen LogP contribution in [0.1, 0.15) is 17.0 Å². The van der Waals surface area contributed by atoms with E-state index in [0.717, 1.165) is 17.0 Å². The van der Waals surface area contributed by atoms with Crippen LogP contribution >= 0.6 is 11.6 Å². The molecule has 0 radical (unpaired) electrons. The zero-order valence-corrected chi connectivity index (χ0v) is 17.5. The number of aromatic nitrogens is 5. The lowest BCUT2D eigenvalue weighted by atomic mass is 10.2. The summed E-state index contributed by atoms with van der Waals surface area (Å²) >= 11 is 5.94. The summed E-state index contributed by atoms with van der Waals surface area (Å²) in [5.74, 6) is 0.628. The highest BCUT2D eigenvalue weighted by Crippen LogP contribution is 2.20. The largest absolute Gasteiger partial charge is 0.383 e. The molecule has 152 valence electrons. The summed E-state index contributed by atoms with van der Waals surface area (Å²) in [4.78, 5) is 30.9. The third-order valence-electron chi connectivity index (χ3n) is 5.40. The van der Waals surface area contributed by atoms with Gasteiger partial charge in [-0.3, -0.25) is 18.3 Å². The number of methoxy groups -OCH3 is 1. The fourth-order valence-electron chi connectivity index (χ4n) is 3.68. The van der Waals surface area contributed by atoms with Crippen molar-refractivity contribution in [3.8, 4) is 0 Å². The third-order valence-corrected chi connectivity index (χ3v) is 5.65. The first-order valence-corrected chi connectivity index (χ1v) is 9.64. The molecule has 0 bridgehead atoms. The lowest BCUT2D eigenvalue weighted by molar-refractivity contribution is 0.187. The Bertz CT molecular complexity index is 1340. The predicted molar refractivity (Wildman–Crippen MR) is 112 cm³/mol. The van der Waals surface area contributed by atoms with Crippen LogP contribution in [0.25, 0.3) is 16.9 Å². The average molecular weight is 416 g/mol. The molecule has 0 spiro atoms. The van der Waals surface area contributed by atoms with Gasteiger partial charge in [-0.05, 0) is 31.5 Å². The van der Waals surface area contributed by atoms with Gasteiger partial charge in [-0.1, -0.05) is 23.7 Å². The van der Waals surface area contributed by atoms with Gasteiger partial charge >= 0.3 is 5.69 Å². The second-order valence-corrected chi connectivity index (χ2v) is 7.53. The maximum Gasteiger partial charge on any atom is 0.332 e. The summed E-state index contributed by atoms with van der Waals surface area (Å²) < 4.78 is 11.7. The van der Waals surface area contributed by atoms with Crippen LogP contribution in [0.2, 0.25) is 5.02 Å². The summed E-state index contributed by atoms with van der Waals surface area (Å²) in [6, 6.07) is 7.10. The fraction of sp³-hybridized carbons (Fsp3) is 0.350. The minimum absolute atomic E-state index is 0.161. The number of aryl methyl sites for hydroxylation is 2. The normalized spacial score (nSPS) is 11.8. The van der Waals surface area contributed by atoms with E-state index in [1.165, 1.54) is 9.13 Å². The van der Waals surface area contributed by atoms with Gasteiger partial charge in [0.25, 0.3) is 5.56 Å². The van der Waals surface area contributed by atoms with Gasteiger partial charge in [-0.2, -0.15) is 4.98 Å². The Hall–Kier alpha value is -2.84. The Labute approximate surface area is 171 Å². The Morgan fingerprint density at radius 3 is 2.41 bits per heavy atom. The Balaban J connectivity index is 2.00. The SMILES string of the molecule is COCCn1c(C)c(C)n2c3c(=O)n(Cc4ccc(Cl)cc4)c(=O)n(C)c3nc12. The number of rotatable bonds is 5. The molecule has 0 saturated carbocycles. The summed E-state index contributed by atoms with van der Waals surface area (Å²) in [5.41, 5.74) is 2.73. The summed E-state index contributed by atoms with van der Waals surface area (Å²) in [6.45, 7) is 5.22. The van der Waals surface area contributed by atoms with Gasteiger partial charge in [0, 0.05) is 37.1 Å². The first-order chi connectivity index (χ1) is 13.8. The van der Waals surface area contributed by atoms with E-state index in [2.05, 4.69) is 4.98 Å². The quantitative estimate of drug-likeness (QED) is 0.500. The molecule has 8 nitrogen and oxygen atoms in total. The van der Waals surface area contributed by atoms with Crippen molar-refractivity contribution in [1.82, 2.24) is 23.1 Å². The highest BCUT2D eigenvalue weighted by molar-refractivity contribution is 6.30. The van der Waals surface area contributed by atoms with Crippen molar-refractivity contribution < 1.29 is 4.74 Å². The molecule has 29 heavy (non-hydrogen) atoms. The van der Waals surface area contributed by atoms with Crippen molar-refractivity contribution in [2.45, 2.75) is 26.9 Å². The molecule has 0 aliphatic carbocycles. The van der Waals surface area contributed by atoms with Crippen LogP contribution in [0.3, 0.4) is 0 Å². The standard InChI is InChI=1S/C20H22ClN5O3/c1-12-13(2)26-16-17(22-19(26)24(12)9-10-29-4)23(3)20(28)25(18(16)27)11-14-5-7-15(21)8-6-14/h5-8H,9-11H2,1-4H3. The molecule has 3 aromatic heterocycles. The van der Waals surface area contributed by atoms with Crippen LogP contribution in [-0.4, -0.2) is 36.8 Å². The fourth-order valence-corrected chi connectivity index (χ4v) is 3.80. The Morgan fingerprint density at radius 1 is 1.07 bits per heavy atom. The molecule has 0 N–H and O–H groups in total. The van der Waals surface area contributed by atoms with Crippen molar-refractivity contribution in [3.63, 3.8) is 0 Å². The Morgan fingerprint density at radius 2 is 1.76 bits per heavy atom. The average Bonchev–Trinajstić information content (AvgIpc) is 3.20. The number of ether oxygens (including phenoxy) is 1. The van der Waals surface area contributed by atoms with E-state index in [0.29, 0.717) is 35.1 Å². The summed E-state index contributed by atoms with van der Waals surface area (Å²) in [5, 5.41) is 0.602. The van der Waals surface area contributed by atoms with Crippen LogP contribution in [0.5, 0.6) is 0 Å². The van der Waals surface area contributed by atoms with Crippen LogP contribution in [0.15, 0.2) is 33.9 Å². The maximum absolute atomic E-state index is 13.4. The number of nitrogens with zero attached hydrogens (tertiary/aromatic N) is 5. The van der Waals surface area contributed by atoms with E-state index in [-0.39, 0.29) is 12.1 Å². The monoisotopic (exact) mass is 415 g/mol. The molecule has 3 heterocycles. The number of fused-ring (bicyclic) bond motifs is 3. The number of hydrogen-bond acceptors (Lipinski definition) is 4. The van der Waals surface area contributed by atoms with E-state index >= 15 is 0 Å². The van der Waals surface area contributed by atoms with Gasteiger partial charge in [0.2, 0.25) is 5.78 Å². The molecular weight excluding hydrogens is 394 g/mol. The molecule has 0 unspecified atom stereocenters. The van der Waals surface area contributed by atoms with E-state index < -0.39 is 5.69 Å². The second kappa shape index (κ2) is 7.20. The molecule has 0 atom stereocenters. The van der Waals surface area contributed by atoms with Gasteiger partial charge < -0.3 is 9.30 Å². The zero-order valence-electron chi connectivity index (χ0n) is 16.8. The van der Waals surface area contributed by atoms with E-state index in [1.807, 2.05) is 22.8 Å². The number of hydrogen-bond donors (Lipinski definition) is 0. The van der Waals surface area contributed by atoms with Crippen molar-refractivity contribution in [2.24, 2.45) is 7.05 Å². The first-order valence-electron chi connectivity index (χ1n) is 9.26. The van der Waals surface area contributed by atoms with E-state index in [1.54, 1.807) is 38.4 Å². The van der Waals surface area contributed by atoms with Crippen molar-refractivity contribution in [1.29, 1.82) is 0 Å². The highest BCUT2D eigenvalue weighted by atomic mass is 35.5. The molecule has 0 aliphatic rings. The number of benzene rings is 1. The van der Waals surface area contributed by atoms with Crippen LogP contribution < -0.4 is 11.2 Å². The van der Waals surface area contributed by atoms with Crippen molar-refractivity contribution in [3.05, 3.63) is 67.1 Å². The molecule has 0 amide bonds.